The Morgan fingerprint density at radius 3 is 2.81 bits per heavy atom. The van der Waals surface area contributed by atoms with Gasteiger partial charge in [-0.15, -0.1) is 0 Å². The van der Waals surface area contributed by atoms with Crippen LogP contribution in [0.4, 0.5) is 10.5 Å². The average Bonchev–Trinajstić information content (AvgIpc) is 3.12. The van der Waals surface area contributed by atoms with E-state index in [9.17, 15) is 4.79 Å². The number of nitrogens with one attached hydrogen (secondary N) is 1. The van der Waals surface area contributed by atoms with Crippen molar-refractivity contribution in [1.82, 2.24) is 24.8 Å². The van der Waals surface area contributed by atoms with Crippen LogP contribution >= 0.6 is 11.6 Å². The number of carbonyl (C=O) groups is 1. The van der Waals surface area contributed by atoms with Crippen LogP contribution in [0.2, 0.25) is 5.15 Å². The summed E-state index contributed by atoms with van der Waals surface area (Å²) >= 11 is 6.32. The molecule has 32 heavy (non-hydrogen) atoms. The summed E-state index contributed by atoms with van der Waals surface area (Å²) in [5, 5.41) is 1.51. The molecule has 1 atom stereocenters. The van der Waals surface area contributed by atoms with Gasteiger partial charge in [-0.3, -0.25) is 0 Å². The largest absolute Gasteiger partial charge is 0.444 e. The van der Waals surface area contributed by atoms with Crippen LogP contribution in [0, 0.1) is 0 Å². The molecule has 9 heteroatoms. The second-order valence-corrected chi connectivity index (χ2v) is 10.0. The molecule has 0 radical (unpaired) electrons. The van der Waals surface area contributed by atoms with Crippen LogP contribution in [0.3, 0.4) is 0 Å². The highest BCUT2D eigenvalue weighted by molar-refractivity contribution is 6.30. The maximum absolute atomic E-state index is 12.4. The lowest BCUT2D eigenvalue weighted by Gasteiger charge is -2.42. The van der Waals surface area contributed by atoms with Crippen molar-refractivity contribution in [2.24, 2.45) is 0 Å². The summed E-state index contributed by atoms with van der Waals surface area (Å²) in [5.41, 5.74) is 4.59. The molecular formula is C23H27ClN6O2. The molecule has 1 N–H and O–H groups in total. The smallest absolute Gasteiger partial charge is 0.410 e. The fourth-order valence-corrected chi connectivity index (χ4v) is 4.75. The van der Waals surface area contributed by atoms with E-state index in [1.165, 1.54) is 0 Å². The number of carbonyl (C=O) groups excluding carboxylic acids is 1. The zero-order valence-electron chi connectivity index (χ0n) is 18.7. The number of aromatic amines is 1. The van der Waals surface area contributed by atoms with Gasteiger partial charge in [0.25, 0.3) is 0 Å². The molecule has 168 valence electrons. The molecule has 8 nitrogen and oxygen atoms in total. The van der Waals surface area contributed by atoms with Crippen molar-refractivity contribution in [3.05, 3.63) is 46.8 Å². The van der Waals surface area contributed by atoms with Crippen molar-refractivity contribution in [2.45, 2.75) is 58.2 Å². The van der Waals surface area contributed by atoms with Crippen LogP contribution in [0.5, 0.6) is 0 Å². The molecule has 2 aliphatic heterocycles. The van der Waals surface area contributed by atoms with Gasteiger partial charge in [-0.2, -0.15) is 0 Å². The lowest BCUT2D eigenvalue weighted by Crippen LogP contribution is -2.51. The number of hydrogen-bond acceptors (Lipinski definition) is 6. The predicted molar refractivity (Wildman–Crippen MR) is 123 cm³/mol. The highest BCUT2D eigenvalue weighted by Crippen LogP contribution is 2.37. The molecule has 0 unspecified atom stereocenters. The molecule has 0 aliphatic carbocycles. The highest BCUT2D eigenvalue weighted by atomic mass is 35.5. The fraction of sp³-hybridized carbons (Fsp3) is 0.478. The highest BCUT2D eigenvalue weighted by Gasteiger charge is 2.38. The van der Waals surface area contributed by atoms with Crippen molar-refractivity contribution in [1.29, 1.82) is 0 Å². The van der Waals surface area contributed by atoms with Crippen LogP contribution < -0.4 is 4.90 Å². The van der Waals surface area contributed by atoms with E-state index < -0.39 is 5.60 Å². The van der Waals surface area contributed by atoms with E-state index in [1.54, 1.807) is 11.2 Å². The third kappa shape index (κ3) is 3.77. The number of halogens is 1. The number of nitrogens with zero attached hydrogens (tertiary/aromatic N) is 5. The summed E-state index contributed by atoms with van der Waals surface area (Å²) in [6.45, 7) is 9.75. The lowest BCUT2D eigenvalue weighted by molar-refractivity contribution is 0.00776. The quantitative estimate of drug-likeness (QED) is 0.581. The van der Waals surface area contributed by atoms with E-state index in [2.05, 4.69) is 31.8 Å². The van der Waals surface area contributed by atoms with Crippen LogP contribution in [0.15, 0.2) is 24.7 Å². The normalized spacial score (nSPS) is 19.1. The maximum Gasteiger partial charge on any atom is 0.410 e. The number of hydrogen-bond donors (Lipinski definition) is 1. The number of likely N-dealkylation sites (tertiary alicyclic amines) is 1. The molecule has 2 aliphatic rings. The minimum atomic E-state index is -0.498. The Hall–Kier alpha value is -2.87. The van der Waals surface area contributed by atoms with E-state index in [-0.39, 0.29) is 18.1 Å². The van der Waals surface area contributed by atoms with Gasteiger partial charge >= 0.3 is 6.09 Å². The van der Waals surface area contributed by atoms with Gasteiger partial charge in [0.05, 0.1) is 17.1 Å². The zero-order valence-corrected chi connectivity index (χ0v) is 19.5. The first-order valence-electron chi connectivity index (χ1n) is 10.9. The Morgan fingerprint density at radius 1 is 1.28 bits per heavy atom. The van der Waals surface area contributed by atoms with Crippen LogP contribution in [-0.2, 0) is 17.7 Å². The van der Waals surface area contributed by atoms with E-state index in [0.29, 0.717) is 24.8 Å². The van der Waals surface area contributed by atoms with E-state index >= 15 is 0 Å². The Labute approximate surface area is 192 Å². The number of amides is 1. The summed E-state index contributed by atoms with van der Waals surface area (Å²) in [4.78, 5) is 33.2. The van der Waals surface area contributed by atoms with Crippen molar-refractivity contribution in [3.8, 4) is 0 Å². The summed E-state index contributed by atoms with van der Waals surface area (Å²) < 4.78 is 5.50. The second kappa shape index (κ2) is 7.62. The summed E-state index contributed by atoms with van der Waals surface area (Å²) in [6.07, 6.45) is 4.08. The summed E-state index contributed by atoms with van der Waals surface area (Å²) in [5.74, 6) is 0.183. The number of aromatic nitrogens is 4. The third-order valence-corrected chi connectivity index (χ3v) is 6.32. The molecule has 1 amide bonds. The molecule has 5 heterocycles. The van der Waals surface area contributed by atoms with Crippen molar-refractivity contribution < 1.29 is 9.53 Å². The van der Waals surface area contributed by atoms with Crippen LogP contribution in [0.1, 0.15) is 50.6 Å². The molecule has 3 aromatic heterocycles. The molecule has 1 saturated heterocycles. The molecule has 1 fully saturated rings. The van der Waals surface area contributed by atoms with Crippen LogP contribution in [-0.4, -0.2) is 55.7 Å². The van der Waals surface area contributed by atoms with Crippen molar-refractivity contribution in [2.75, 3.05) is 18.0 Å². The van der Waals surface area contributed by atoms with Gasteiger partial charge in [0, 0.05) is 55.2 Å². The Morgan fingerprint density at radius 2 is 2.06 bits per heavy atom. The number of H-pyrrole nitrogens is 1. The molecule has 0 spiro atoms. The van der Waals surface area contributed by atoms with Gasteiger partial charge in [0.15, 0.2) is 0 Å². The third-order valence-electron chi connectivity index (χ3n) is 6.12. The number of rotatable bonds is 2. The van der Waals surface area contributed by atoms with Gasteiger partial charge in [0.2, 0.25) is 0 Å². The SMILES string of the molecule is C[C@@H]1Cc2ncnc(C3CN(C(=O)OC(C)(C)C)C3)c2CN1c1cc(Cl)nc2[nH]ccc12. The number of pyridine rings is 1. The average molecular weight is 455 g/mol. The van der Waals surface area contributed by atoms with Gasteiger partial charge in [0.1, 0.15) is 22.7 Å². The molecule has 0 aromatic carbocycles. The Bertz CT molecular complexity index is 1180. The predicted octanol–water partition coefficient (Wildman–Crippen LogP) is 4.29. The fourth-order valence-electron chi connectivity index (χ4n) is 4.56. The minimum Gasteiger partial charge on any atom is -0.444 e. The van der Waals surface area contributed by atoms with Crippen molar-refractivity contribution >= 4 is 34.4 Å². The first kappa shape index (κ1) is 21.0. The first-order chi connectivity index (χ1) is 15.2. The summed E-state index contributed by atoms with van der Waals surface area (Å²) in [7, 11) is 0. The number of fused-ring (bicyclic) bond motifs is 2. The molecule has 3 aromatic rings. The zero-order chi connectivity index (χ0) is 22.6. The Kier molecular flexibility index (Phi) is 5.00. The Balaban J connectivity index is 1.41. The molecule has 5 rings (SSSR count). The number of anilines is 1. The van der Waals surface area contributed by atoms with E-state index in [4.69, 9.17) is 16.3 Å². The molecular weight excluding hydrogens is 428 g/mol. The molecule has 0 saturated carbocycles. The lowest BCUT2D eigenvalue weighted by atomic mass is 9.88. The van der Waals surface area contributed by atoms with Gasteiger partial charge in [-0.05, 0) is 39.8 Å². The second-order valence-electron chi connectivity index (χ2n) is 9.65. The molecule has 0 bridgehead atoms. The first-order valence-corrected chi connectivity index (χ1v) is 11.3. The topological polar surface area (TPSA) is 87.2 Å². The van der Waals surface area contributed by atoms with Gasteiger partial charge in [-0.25, -0.2) is 19.7 Å². The maximum atomic E-state index is 12.4. The monoisotopic (exact) mass is 454 g/mol. The minimum absolute atomic E-state index is 0.183. The van der Waals surface area contributed by atoms with Gasteiger partial charge in [-0.1, -0.05) is 11.6 Å². The van der Waals surface area contributed by atoms with E-state index in [1.807, 2.05) is 39.1 Å². The van der Waals surface area contributed by atoms with Crippen molar-refractivity contribution in [3.63, 3.8) is 0 Å². The number of ether oxygens (including phenoxy) is 1. The van der Waals surface area contributed by atoms with E-state index in [0.717, 1.165) is 40.1 Å². The van der Waals surface area contributed by atoms with Crippen LogP contribution in [0.25, 0.3) is 11.0 Å². The van der Waals surface area contributed by atoms with Gasteiger partial charge < -0.3 is 19.5 Å². The summed E-state index contributed by atoms with van der Waals surface area (Å²) in [6, 6.07) is 4.21. The standard InChI is InChI=1S/C23H27ClN6O2/c1-13-7-17-16(11-30(13)18-8-19(24)28-21-15(18)5-6-25-21)20(27-12-26-17)14-9-29(10-14)22(31)32-23(2,3)4/h5-6,8,12-14H,7,9-11H2,1-4H3,(H,25,28)/t13-/m1/s1.